The Bertz CT molecular complexity index is 1110. The number of nitro benzene ring substituents is 1. The van der Waals surface area contributed by atoms with E-state index in [2.05, 4.69) is 6.92 Å². The normalized spacial score (nSPS) is 11.7. The second kappa shape index (κ2) is 11.3. The van der Waals surface area contributed by atoms with Crippen molar-refractivity contribution in [3.63, 3.8) is 0 Å². The van der Waals surface area contributed by atoms with E-state index in [4.69, 9.17) is 4.74 Å². The highest BCUT2D eigenvalue weighted by Crippen LogP contribution is 2.34. The zero-order valence-electron chi connectivity index (χ0n) is 19.0. The van der Waals surface area contributed by atoms with Crippen molar-refractivity contribution in [1.82, 2.24) is 0 Å². The average molecular weight is 447 g/mol. The van der Waals surface area contributed by atoms with Crippen molar-refractivity contribution in [1.29, 1.82) is 0 Å². The third-order valence-electron chi connectivity index (χ3n) is 5.62. The largest absolute Gasteiger partial charge is 0.545 e. The van der Waals surface area contributed by atoms with E-state index in [1.54, 1.807) is 42.5 Å². The number of hydrogen-bond donors (Lipinski definition) is 0. The van der Waals surface area contributed by atoms with Crippen molar-refractivity contribution in [3.8, 4) is 28.0 Å². The van der Waals surface area contributed by atoms with Gasteiger partial charge in [0, 0.05) is 11.6 Å². The van der Waals surface area contributed by atoms with Gasteiger partial charge in [0.2, 0.25) is 0 Å². The van der Waals surface area contributed by atoms with E-state index in [1.807, 2.05) is 19.1 Å². The molecule has 6 heteroatoms. The van der Waals surface area contributed by atoms with E-state index in [9.17, 15) is 20.0 Å². The second-order valence-corrected chi connectivity index (χ2v) is 8.13. The van der Waals surface area contributed by atoms with Gasteiger partial charge in [0.25, 0.3) is 0 Å². The van der Waals surface area contributed by atoms with Crippen LogP contribution in [-0.4, -0.2) is 17.0 Å². The lowest BCUT2D eigenvalue weighted by Crippen LogP contribution is -2.22. The van der Waals surface area contributed by atoms with Crippen LogP contribution in [0, 0.1) is 10.1 Å². The van der Waals surface area contributed by atoms with Gasteiger partial charge in [-0.1, -0.05) is 80.8 Å². The van der Waals surface area contributed by atoms with Crippen LogP contribution in [0.15, 0.2) is 66.7 Å². The predicted octanol–water partition coefficient (Wildman–Crippen LogP) is 6.03. The molecule has 0 heterocycles. The number of carbonyl (C=O) groups excluding carboxylic acids is 1. The molecule has 0 bridgehead atoms. The SMILES string of the molecule is CCCCCCC(C)Oc1ccc(-c2ccc(-c3ccccc3C(=O)[O-])cc2)cc1[N+](=O)[O-]. The smallest absolute Gasteiger partial charge is 0.311 e. The number of unbranched alkanes of at least 4 members (excludes halogenated alkanes) is 3. The Hall–Kier alpha value is -3.67. The molecule has 0 amide bonds. The highest BCUT2D eigenvalue weighted by Gasteiger charge is 2.19. The Labute approximate surface area is 194 Å². The minimum absolute atomic E-state index is 0.0701. The summed E-state index contributed by atoms with van der Waals surface area (Å²) >= 11 is 0. The monoisotopic (exact) mass is 446 g/mol. The van der Waals surface area contributed by atoms with Gasteiger partial charge in [-0.15, -0.1) is 0 Å². The minimum Gasteiger partial charge on any atom is -0.545 e. The molecule has 3 rings (SSSR count). The fourth-order valence-corrected chi connectivity index (χ4v) is 3.83. The van der Waals surface area contributed by atoms with Gasteiger partial charge < -0.3 is 14.6 Å². The first-order valence-corrected chi connectivity index (χ1v) is 11.3. The van der Waals surface area contributed by atoms with Crippen LogP contribution in [0.1, 0.15) is 56.3 Å². The maximum atomic E-state index is 11.7. The molecule has 0 aromatic heterocycles. The molecule has 0 radical (unpaired) electrons. The highest BCUT2D eigenvalue weighted by molar-refractivity contribution is 5.94. The van der Waals surface area contributed by atoms with Crippen LogP contribution in [0.3, 0.4) is 0 Å². The number of benzene rings is 3. The molecule has 0 spiro atoms. The molecule has 1 atom stereocenters. The van der Waals surface area contributed by atoms with Gasteiger partial charge in [0.05, 0.1) is 17.0 Å². The summed E-state index contributed by atoms with van der Waals surface area (Å²) in [6, 6.07) is 18.8. The van der Waals surface area contributed by atoms with Crippen molar-refractivity contribution >= 4 is 11.7 Å². The maximum absolute atomic E-state index is 11.7. The molecule has 0 saturated carbocycles. The molecule has 33 heavy (non-hydrogen) atoms. The third kappa shape index (κ3) is 6.19. The number of nitro groups is 1. The van der Waals surface area contributed by atoms with Crippen LogP contribution in [0.25, 0.3) is 22.3 Å². The van der Waals surface area contributed by atoms with E-state index in [0.29, 0.717) is 11.1 Å². The number of carboxylic acids is 1. The Morgan fingerprint density at radius 3 is 2.27 bits per heavy atom. The lowest BCUT2D eigenvalue weighted by molar-refractivity contribution is -0.386. The first-order valence-electron chi connectivity index (χ1n) is 11.3. The van der Waals surface area contributed by atoms with E-state index in [-0.39, 0.29) is 23.1 Å². The molecule has 172 valence electrons. The molecule has 3 aromatic carbocycles. The van der Waals surface area contributed by atoms with Gasteiger partial charge in [-0.05, 0) is 48.1 Å². The van der Waals surface area contributed by atoms with Crippen molar-refractivity contribution in [2.75, 3.05) is 0 Å². The molecule has 0 fully saturated rings. The molecule has 0 aliphatic heterocycles. The first-order chi connectivity index (χ1) is 15.9. The highest BCUT2D eigenvalue weighted by atomic mass is 16.6. The van der Waals surface area contributed by atoms with Crippen LogP contribution < -0.4 is 9.84 Å². The van der Waals surface area contributed by atoms with E-state index < -0.39 is 10.9 Å². The van der Waals surface area contributed by atoms with E-state index >= 15 is 0 Å². The number of ether oxygens (including phenoxy) is 1. The van der Waals surface area contributed by atoms with Gasteiger partial charge in [-0.2, -0.15) is 0 Å². The summed E-state index contributed by atoms with van der Waals surface area (Å²) in [4.78, 5) is 22.7. The van der Waals surface area contributed by atoms with Gasteiger partial charge in [-0.25, -0.2) is 0 Å². The molecule has 6 nitrogen and oxygen atoms in total. The van der Waals surface area contributed by atoms with E-state index in [0.717, 1.165) is 36.8 Å². The van der Waals surface area contributed by atoms with Crippen LogP contribution >= 0.6 is 0 Å². The zero-order valence-corrected chi connectivity index (χ0v) is 19.0. The van der Waals surface area contributed by atoms with E-state index in [1.165, 1.54) is 18.6 Å². The fourth-order valence-electron chi connectivity index (χ4n) is 3.83. The number of aromatic carboxylic acids is 1. The lowest BCUT2D eigenvalue weighted by Gasteiger charge is -2.15. The molecular formula is C27H28NO5-. The maximum Gasteiger partial charge on any atom is 0.311 e. The molecule has 0 aliphatic rings. The van der Waals surface area contributed by atoms with Crippen LogP contribution in [0.5, 0.6) is 5.75 Å². The quantitative estimate of drug-likeness (QED) is 0.204. The summed E-state index contributed by atoms with van der Waals surface area (Å²) < 4.78 is 5.89. The van der Waals surface area contributed by atoms with Gasteiger partial charge in [-0.3, -0.25) is 10.1 Å². The lowest BCUT2D eigenvalue weighted by atomic mass is 9.97. The summed E-state index contributed by atoms with van der Waals surface area (Å²) in [6.45, 7) is 4.09. The Morgan fingerprint density at radius 2 is 1.61 bits per heavy atom. The third-order valence-corrected chi connectivity index (χ3v) is 5.62. The number of hydrogen-bond acceptors (Lipinski definition) is 5. The van der Waals surface area contributed by atoms with Gasteiger partial charge >= 0.3 is 5.69 Å². The number of rotatable bonds is 11. The predicted molar refractivity (Wildman–Crippen MR) is 127 cm³/mol. The van der Waals surface area contributed by atoms with Crippen molar-refractivity contribution in [3.05, 3.63) is 82.4 Å². The van der Waals surface area contributed by atoms with Crippen molar-refractivity contribution in [2.45, 2.75) is 52.1 Å². The van der Waals surface area contributed by atoms with Crippen LogP contribution in [0.4, 0.5) is 5.69 Å². The number of nitrogens with zero attached hydrogens (tertiary/aromatic N) is 1. The summed E-state index contributed by atoms with van der Waals surface area (Å²) in [7, 11) is 0. The van der Waals surface area contributed by atoms with Crippen LogP contribution in [-0.2, 0) is 0 Å². The first kappa shape index (κ1) is 24.0. The number of carboxylic acid groups (broad SMARTS) is 1. The molecule has 0 saturated heterocycles. The molecule has 0 N–H and O–H groups in total. The summed E-state index contributed by atoms with van der Waals surface area (Å²) in [5.74, 6) is -0.966. The minimum atomic E-state index is -1.24. The zero-order chi connectivity index (χ0) is 23.8. The standard InChI is InChI=1S/C27H29NO5/c1-3-4-5-6-9-19(2)33-26-17-16-22(18-25(26)28(31)32)20-12-14-21(15-13-20)23-10-7-8-11-24(23)27(29)30/h7-8,10-19H,3-6,9H2,1-2H3,(H,29,30)/p-1. The fraction of sp³-hybridized carbons (Fsp3) is 0.296. The van der Waals surface area contributed by atoms with Crippen molar-refractivity contribution in [2.24, 2.45) is 0 Å². The Balaban J connectivity index is 1.80. The topological polar surface area (TPSA) is 92.5 Å². The second-order valence-electron chi connectivity index (χ2n) is 8.13. The molecule has 3 aromatic rings. The Kier molecular flexibility index (Phi) is 8.19. The van der Waals surface area contributed by atoms with Gasteiger partial charge in [0.1, 0.15) is 0 Å². The summed E-state index contributed by atoms with van der Waals surface area (Å²) in [6.07, 6.45) is 5.26. The van der Waals surface area contributed by atoms with Gasteiger partial charge in [0.15, 0.2) is 5.75 Å². The average Bonchev–Trinajstić information content (AvgIpc) is 2.82. The van der Waals surface area contributed by atoms with Crippen LogP contribution in [0.2, 0.25) is 0 Å². The molecule has 0 aliphatic carbocycles. The molecular weight excluding hydrogens is 418 g/mol. The Morgan fingerprint density at radius 1 is 0.939 bits per heavy atom. The number of carbonyl (C=O) groups is 1. The van der Waals surface area contributed by atoms with Crippen molar-refractivity contribution < 1.29 is 19.6 Å². The molecule has 1 unspecified atom stereocenters. The summed E-state index contributed by atoms with van der Waals surface area (Å²) in [5, 5.41) is 23.1. The summed E-state index contributed by atoms with van der Waals surface area (Å²) in [5.41, 5.74) is 2.80.